The van der Waals surface area contributed by atoms with Crippen LogP contribution in [0.15, 0.2) is 35.2 Å². The Kier molecular flexibility index (Phi) is 5.34. The van der Waals surface area contributed by atoms with Crippen LogP contribution in [0, 0.1) is 0 Å². The molecule has 0 amide bonds. The lowest BCUT2D eigenvalue weighted by Crippen LogP contribution is -2.40. The zero-order chi connectivity index (χ0) is 18.8. The Balaban J connectivity index is 2.57. The van der Waals surface area contributed by atoms with E-state index in [1.165, 1.54) is 6.07 Å². The molecule has 2 aromatic rings. The van der Waals surface area contributed by atoms with Crippen LogP contribution in [0.3, 0.4) is 0 Å². The van der Waals surface area contributed by atoms with Gasteiger partial charge in [0.25, 0.3) is 0 Å². The fraction of sp³-hybridized carbons (Fsp3) is 0.412. The molecule has 0 saturated heterocycles. The molecule has 0 bridgehead atoms. The van der Waals surface area contributed by atoms with E-state index >= 15 is 0 Å². The molecule has 8 heteroatoms. The largest absolute Gasteiger partial charge is 0.475 e. The fourth-order valence-electron chi connectivity index (χ4n) is 2.25. The molecule has 0 atom stereocenters. The summed E-state index contributed by atoms with van der Waals surface area (Å²) in [6.07, 6.45) is -0.0938. The highest BCUT2D eigenvalue weighted by Gasteiger charge is 2.25. The molecule has 3 N–H and O–H groups in total. The van der Waals surface area contributed by atoms with Crippen molar-refractivity contribution >= 4 is 16.0 Å². The zero-order valence-corrected chi connectivity index (χ0v) is 15.9. The maximum Gasteiger partial charge on any atom is 0.241 e. The van der Waals surface area contributed by atoms with Gasteiger partial charge in [-0.3, -0.25) is 0 Å². The third-order valence-corrected chi connectivity index (χ3v) is 4.79. The number of nitrogens with one attached hydrogen (secondary N) is 1. The van der Waals surface area contributed by atoms with Crippen LogP contribution in [-0.2, 0) is 10.0 Å². The van der Waals surface area contributed by atoms with Crippen LogP contribution in [0.1, 0.15) is 34.6 Å². The van der Waals surface area contributed by atoms with Crippen LogP contribution >= 0.6 is 0 Å². The van der Waals surface area contributed by atoms with Crippen LogP contribution in [0.25, 0.3) is 11.3 Å². The number of nitrogens with zero attached hydrogens (tertiary/aromatic N) is 2. The van der Waals surface area contributed by atoms with Gasteiger partial charge >= 0.3 is 0 Å². The van der Waals surface area contributed by atoms with E-state index in [1.54, 1.807) is 45.0 Å². The Morgan fingerprint density at radius 2 is 1.80 bits per heavy atom. The van der Waals surface area contributed by atoms with Gasteiger partial charge in [-0.2, -0.15) is 4.98 Å². The molecule has 1 heterocycles. The van der Waals surface area contributed by atoms with E-state index in [9.17, 15) is 8.42 Å². The van der Waals surface area contributed by atoms with Gasteiger partial charge in [0.1, 0.15) is 0 Å². The molecule has 136 valence electrons. The highest BCUT2D eigenvalue weighted by Crippen LogP contribution is 2.29. The summed E-state index contributed by atoms with van der Waals surface area (Å²) >= 11 is 0. The van der Waals surface area contributed by atoms with Crippen LogP contribution in [-0.4, -0.2) is 30.0 Å². The van der Waals surface area contributed by atoms with Crippen molar-refractivity contribution in [2.75, 3.05) is 5.73 Å². The Labute approximate surface area is 148 Å². The second kappa shape index (κ2) is 6.97. The van der Waals surface area contributed by atoms with E-state index in [-0.39, 0.29) is 16.9 Å². The predicted octanol–water partition coefficient (Wildman–Crippen LogP) is 2.59. The number of anilines is 1. The fourth-order valence-corrected chi connectivity index (χ4v) is 3.89. The number of hydrogen-bond acceptors (Lipinski definition) is 6. The Hall–Kier alpha value is -2.19. The molecular formula is C17H24N4O3S. The van der Waals surface area contributed by atoms with Crippen LogP contribution in [0.5, 0.6) is 5.88 Å². The van der Waals surface area contributed by atoms with Gasteiger partial charge in [0.2, 0.25) is 21.9 Å². The average molecular weight is 364 g/mol. The zero-order valence-electron chi connectivity index (χ0n) is 15.1. The first-order chi connectivity index (χ1) is 11.5. The third-order valence-electron chi connectivity index (χ3n) is 2.97. The van der Waals surface area contributed by atoms with Crippen molar-refractivity contribution in [3.8, 4) is 17.1 Å². The van der Waals surface area contributed by atoms with Crippen molar-refractivity contribution in [3.63, 3.8) is 0 Å². The highest BCUT2D eigenvalue weighted by molar-refractivity contribution is 7.89. The van der Waals surface area contributed by atoms with Gasteiger partial charge in [-0.1, -0.05) is 18.2 Å². The lowest BCUT2D eigenvalue weighted by atomic mass is 10.1. The van der Waals surface area contributed by atoms with Gasteiger partial charge in [0.05, 0.1) is 16.7 Å². The molecule has 0 aliphatic carbocycles. The maximum absolute atomic E-state index is 12.8. The number of aromatic nitrogens is 2. The summed E-state index contributed by atoms with van der Waals surface area (Å²) in [7, 11) is -3.74. The second-order valence-electron chi connectivity index (χ2n) is 6.97. The molecule has 1 aromatic heterocycles. The van der Waals surface area contributed by atoms with E-state index in [0.717, 1.165) is 0 Å². The Bertz CT molecular complexity index is 858. The summed E-state index contributed by atoms with van der Waals surface area (Å²) in [5.74, 6) is 0.317. The number of ether oxygens (including phenoxy) is 1. The Morgan fingerprint density at radius 1 is 1.16 bits per heavy atom. The highest BCUT2D eigenvalue weighted by atomic mass is 32.2. The molecule has 25 heavy (non-hydrogen) atoms. The number of nitrogens with two attached hydrogens (primary N) is 1. The topological polar surface area (TPSA) is 107 Å². The monoisotopic (exact) mass is 364 g/mol. The van der Waals surface area contributed by atoms with Crippen molar-refractivity contribution in [2.24, 2.45) is 0 Å². The van der Waals surface area contributed by atoms with E-state index < -0.39 is 15.6 Å². The number of hydrogen-bond donors (Lipinski definition) is 2. The minimum absolute atomic E-state index is 0.0177. The molecular weight excluding hydrogens is 340 g/mol. The molecule has 0 fully saturated rings. The van der Waals surface area contributed by atoms with E-state index in [0.29, 0.717) is 17.1 Å². The SMILES string of the molecule is CC(C)Oc1cc(-c2ccccc2S(=O)(=O)NC(C)(C)C)nc(N)n1. The van der Waals surface area contributed by atoms with Gasteiger partial charge in [-0.05, 0) is 40.7 Å². The quantitative estimate of drug-likeness (QED) is 0.844. The number of nitrogen functional groups attached to an aromatic ring is 1. The summed E-state index contributed by atoms with van der Waals surface area (Å²) in [5.41, 5.74) is 5.98. The number of rotatable bonds is 5. The molecule has 1 aromatic carbocycles. The molecule has 0 aliphatic heterocycles. The van der Waals surface area contributed by atoms with Crippen molar-refractivity contribution in [3.05, 3.63) is 30.3 Å². The van der Waals surface area contributed by atoms with Crippen LogP contribution in [0.2, 0.25) is 0 Å². The smallest absolute Gasteiger partial charge is 0.241 e. The van der Waals surface area contributed by atoms with Gasteiger partial charge in [0, 0.05) is 17.2 Å². The predicted molar refractivity (Wildman–Crippen MR) is 97.7 cm³/mol. The Morgan fingerprint density at radius 3 is 2.40 bits per heavy atom. The molecule has 2 rings (SSSR count). The average Bonchev–Trinajstić information content (AvgIpc) is 2.43. The van der Waals surface area contributed by atoms with Gasteiger partial charge < -0.3 is 10.5 Å². The summed E-state index contributed by atoms with van der Waals surface area (Å²) in [6, 6.07) is 8.20. The molecule has 7 nitrogen and oxygen atoms in total. The minimum Gasteiger partial charge on any atom is -0.475 e. The lowest BCUT2D eigenvalue weighted by Gasteiger charge is -2.21. The minimum atomic E-state index is -3.74. The molecule has 0 saturated carbocycles. The molecule has 0 radical (unpaired) electrons. The van der Waals surface area contributed by atoms with Crippen molar-refractivity contribution in [2.45, 2.75) is 51.2 Å². The lowest BCUT2D eigenvalue weighted by molar-refractivity contribution is 0.233. The van der Waals surface area contributed by atoms with Crippen LogP contribution < -0.4 is 15.2 Å². The van der Waals surface area contributed by atoms with E-state index in [4.69, 9.17) is 10.5 Å². The molecule has 0 unspecified atom stereocenters. The van der Waals surface area contributed by atoms with E-state index in [1.807, 2.05) is 13.8 Å². The first-order valence-electron chi connectivity index (χ1n) is 7.92. The summed E-state index contributed by atoms with van der Waals surface area (Å²) in [6.45, 7) is 9.08. The van der Waals surface area contributed by atoms with Crippen LogP contribution in [0.4, 0.5) is 5.95 Å². The van der Waals surface area contributed by atoms with E-state index in [2.05, 4.69) is 14.7 Å². The first-order valence-corrected chi connectivity index (χ1v) is 9.41. The van der Waals surface area contributed by atoms with Crippen molar-refractivity contribution in [1.29, 1.82) is 0 Å². The summed E-state index contributed by atoms with van der Waals surface area (Å²) in [5, 5.41) is 0. The number of benzene rings is 1. The summed E-state index contributed by atoms with van der Waals surface area (Å²) in [4.78, 5) is 8.33. The standard InChI is InChI=1S/C17H24N4O3S/c1-11(2)24-15-10-13(19-16(18)20-15)12-8-6-7-9-14(12)25(22,23)21-17(3,4)5/h6-11,21H,1-5H3,(H2,18,19,20). The number of sulfonamides is 1. The summed E-state index contributed by atoms with van der Waals surface area (Å²) < 4.78 is 33.8. The molecule has 0 aliphatic rings. The maximum atomic E-state index is 12.8. The van der Waals surface area contributed by atoms with Gasteiger partial charge in [-0.15, -0.1) is 0 Å². The normalized spacial score (nSPS) is 12.4. The molecule has 0 spiro atoms. The first kappa shape index (κ1) is 19.1. The second-order valence-corrected chi connectivity index (χ2v) is 8.62. The van der Waals surface area contributed by atoms with Gasteiger partial charge in [-0.25, -0.2) is 18.1 Å². The van der Waals surface area contributed by atoms with Crippen molar-refractivity contribution in [1.82, 2.24) is 14.7 Å². The van der Waals surface area contributed by atoms with Gasteiger partial charge in [0.15, 0.2) is 0 Å². The third kappa shape index (κ3) is 5.14. The van der Waals surface area contributed by atoms with Crippen molar-refractivity contribution < 1.29 is 13.2 Å².